The second-order valence-corrected chi connectivity index (χ2v) is 5.92. The van der Waals surface area contributed by atoms with E-state index in [-0.39, 0.29) is 11.0 Å². The minimum Gasteiger partial charge on any atom is -0.298 e. The fourth-order valence-electron chi connectivity index (χ4n) is 2.03. The molecule has 19 heavy (non-hydrogen) atoms. The zero-order valence-corrected chi connectivity index (χ0v) is 11.6. The Morgan fingerprint density at radius 3 is 2.79 bits per heavy atom. The lowest BCUT2D eigenvalue weighted by molar-refractivity contribution is -0.116. The first kappa shape index (κ1) is 12.6. The molecule has 1 saturated carbocycles. The van der Waals surface area contributed by atoms with E-state index in [4.69, 9.17) is 11.6 Å². The second-order valence-electron chi connectivity index (χ2n) is 4.31. The third kappa shape index (κ3) is 2.64. The molecule has 1 aliphatic rings. The van der Waals surface area contributed by atoms with Gasteiger partial charge in [-0.1, -0.05) is 23.4 Å². The lowest BCUT2D eigenvalue weighted by Gasteiger charge is -2.07. The maximum atomic E-state index is 11.7. The predicted molar refractivity (Wildman–Crippen MR) is 72.7 cm³/mol. The van der Waals surface area contributed by atoms with Crippen LogP contribution < -0.4 is 0 Å². The number of halogens is 1. The smallest absolute Gasteiger partial charge is 0.214 e. The molecule has 1 fully saturated rings. The van der Waals surface area contributed by atoms with E-state index in [9.17, 15) is 4.79 Å². The predicted octanol–water partition coefficient (Wildman–Crippen LogP) is 2.53. The van der Waals surface area contributed by atoms with E-state index in [1.807, 2.05) is 12.1 Å². The van der Waals surface area contributed by atoms with Crippen LogP contribution in [0.1, 0.15) is 19.3 Å². The Labute approximate surface area is 119 Å². The first-order valence-electron chi connectivity index (χ1n) is 5.98. The zero-order valence-electron chi connectivity index (χ0n) is 9.99. The molecule has 1 heterocycles. The fraction of sp³-hybridized carbons (Fsp3) is 0.333. The van der Waals surface area contributed by atoms with Gasteiger partial charge < -0.3 is 0 Å². The summed E-state index contributed by atoms with van der Waals surface area (Å²) >= 11 is 7.29. The van der Waals surface area contributed by atoms with Crippen molar-refractivity contribution in [3.8, 4) is 5.69 Å². The largest absolute Gasteiger partial charge is 0.298 e. The number of carbonyl (C=O) groups excluding carboxylic acids is 1. The van der Waals surface area contributed by atoms with Crippen LogP contribution in [0.5, 0.6) is 0 Å². The van der Waals surface area contributed by atoms with Gasteiger partial charge >= 0.3 is 0 Å². The minimum atomic E-state index is -0.0166. The van der Waals surface area contributed by atoms with Crippen LogP contribution in [-0.2, 0) is 4.79 Å². The third-order valence-electron chi connectivity index (χ3n) is 3.01. The lowest BCUT2D eigenvalue weighted by atomic mass is 10.3. The first-order chi connectivity index (χ1) is 9.24. The van der Waals surface area contributed by atoms with Crippen LogP contribution in [0.15, 0.2) is 29.4 Å². The molecule has 3 rings (SSSR count). The number of thioether (sulfide) groups is 1. The van der Waals surface area contributed by atoms with Gasteiger partial charge in [-0.15, -0.1) is 5.10 Å². The summed E-state index contributed by atoms with van der Waals surface area (Å²) < 4.78 is 1.63. The monoisotopic (exact) mass is 294 g/mol. The molecule has 1 atom stereocenters. The summed E-state index contributed by atoms with van der Waals surface area (Å²) in [5, 5.41) is 12.9. The fourth-order valence-corrected chi connectivity index (χ4v) is 3.27. The molecule has 0 saturated heterocycles. The van der Waals surface area contributed by atoms with E-state index in [2.05, 4.69) is 15.5 Å². The highest BCUT2D eigenvalue weighted by molar-refractivity contribution is 8.00. The summed E-state index contributed by atoms with van der Waals surface area (Å²) in [6.45, 7) is 0. The van der Waals surface area contributed by atoms with Gasteiger partial charge in [0, 0.05) is 11.4 Å². The van der Waals surface area contributed by atoms with Crippen molar-refractivity contribution in [3.63, 3.8) is 0 Å². The standard InChI is InChI=1S/C12H11ClN4OS/c13-8-4-6-9(7-5-8)17-12(14-15-16-17)19-11-3-1-2-10(11)18/h4-7,11H,1-3H2/t11-/m1/s1. The van der Waals surface area contributed by atoms with Crippen molar-refractivity contribution in [1.82, 2.24) is 20.2 Å². The Bertz CT molecular complexity index is 598. The van der Waals surface area contributed by atoms with Crippen LogP contribution in [0, 0.1) is 0 Å². The average molecular weight is 295 g/mol. The van der Waals surface area contributed by atoms with E-state index in [1.54, 1.807) is 16.8 Å². The van der Waals surface area contributed by atoms with Crippen LogP contribution in [-0.4, -0.2) is 31.2 Å². The summed E-state index contributed by atoms with van der Waals surface area (Å²) in [4.78, 5) is 11.7. The number of rotatable bonds is 3. The SMILES string of the molecule is O=C1CCC[C@H]1Sc1nnnn1-c1ccc(Cl)cc1. The number of ketones is 1. The lowest BCUT2D eigenvalue weighted by Crippen LogP contribution is -2.10. The molecule has 1 aromatic heterocycles. The van der Waals surface area contributed by atoms with Crippen LogP contribution in [0.3, 0.4) is 0 Å². The van der Waals surface area contributed by atoms with Crippen molar-refractivity contribution < 1.29 is 4.79 Å². The first-order valence-corrected chi connectivity index (χ1v) is 7.23. The molecule has 1 aliphatic carbocycles. The Morgan fingerprint density at radius 2 is 2.11 bits per heavy atom. The Hall–Kier alpha value is -1.40. The molecule has 0 unspecified atom stereocenters. The second kappa shape index (κ2) is 5.30. The highest BCUT2D eigenvalue weighted by Gasteiger charge is 2.27. The van der Waals surface area contributed by atoms with Gasteiger partial charge in [-0.2, -0.15) is 4.68 Å². The Balaban J connectivity index is 1.86. The molecular weight excluding hydrogens is 284 g/mol. The third-order valence-corrected chi connectivity index (χ3v) is 4.51. The van der Waals surface area contributed by atoms with Gasteiger partial charge in [-0.05, 0) is 47.5 Å². The van der Waals surface area contributed by atoms with Gasteiger partial charge in [-0.3, -0.25) is 4.79 Å². The number of benzene rings is 1. The van der Waals surface area contributed by atoms with E-state index in [0.717, 1.165) is 18.5 Å². The Kier molecular flexibility index (Phi) is 3.52. The minimum absolute atomic E-state index is 0.0166. The molecule has 2 aromatic rings. The molecule has 0 aliphatic heterocycles. The summed E-state index contributed by atoms with van der Waals surface area (Å²) in [5.74, 6) is 0.288. The van der Waals surface area contributed by atoms with Crippen LogP contribution in [0.25, 0.3) is 5.69 Å². The quantitative estimate of drug-likeness (QED) is 0.870. The maximum Gasteiger partial charge on any atom is 0.214 e. The van der Waals surface area contributed by atoms with Crippen LogP contribution in [0.4, 0.5) is 0 Å². The normalized spacial score (nSPS) is 19.0. The van der Waals surface area contributed by atoms with Gasteiger partial charge in [0.2, 0.25) is 5.16 Å². The molecule has 1 aromatic carbocycles. The van der Waals surface area contributed by atoms with Crippen molar-refractivity contribution in [1.29, 1.82) is 0 Å². The van der Waals surface area contributed by atoms with Gasteiger partial charge in [0.05, 0.1) is 10.9 Å². The topological polar surface area (TPSA) is 60.7 Å². The molecule has 7 heteroatoms. The summed E-state index contributed by atoms with van der Waals surface area (Å²) in [7, 11) is 0. The highest BCUT2D eigenvalue weighted by Crippen LogP contribution is 2.31. The Morgan fingerprint density at radius 1 is 1.32 bits per heavy atom. The van der Waals surface area contributed by atoms with Crippen molar-refractivity contribution >= 4 is 29.1 Å². The number of carbonyl (C=O) groups is 1. The number of nitrogens with zero attached hydrogens (tertiary/aromatic N) is 4. The molecule has 0 spiro atoms. The van der Waals surface area contributed by atoms with E-state index in [0.29, 0.717) is 16.6 Å². The van der Waals surface area contributed by atoms with Crippen LogP contribution in [0.2, 0.25) is 5.02 Å². The molecule has 0 bridgehead atoms. The maximum absolute atomic E-state index is 11.7. The average Bonchev–Trinajstić information content (AvgIpc) is 3.01. The molecule has 0 N–H and O–H groups in total. The number of hydrogen-bond donors (Lipinski definition) is 0. The highest BCUT2D eigenvalue weighted by atomic mass is 35.5. The number of tetrazole rings is 1. The van der Waals surface area contributed by atoms with Crippen molar-refractivity contribution in [2.75, 3.05) is 0 Å². The van der Waals surface area contributed by atoms with Gasteiger partial charge in [0.1, 0.15) is 5.78 Å². The van der Waals surface area contributed by atoms with Crippen molar-refractivity contribution in [2.45, 2.75) is 29.7 Å². The number of hydrogen-bond acceptors (Lipinski definition) is 5. The number of Topliss-reactive ketones (excluding diaryl/α,β-unsaturated/α-hetero) is 1. The van der Waals surface area contributed by atoms with E-state index < -0.39 is 0 Å². The van der Waals surface area contributed by atoms with Crippen molar-refractivity contribution in [3.05, 3.63) is 29.3 Å². The van der Waals surface area contributed by atoms with Crippen molar-refractivity contribution in [2.24, 2.45) is 0 Å². The summed E-state index contributed by atoms with van der Waals surface area (Å²) in [6.07, 6.45) is 2.52. The van der Waals surface area contributed by atoms with Crippen LogP contribution >= 0.6 is 23.4 Å². The molecule has 0 radical (unpaired) electrons. The molecule has 0 amide bonds. The number of aromatic nitrogens is 4. The van der Waals surface area contributed by atoms with E-state index >= 15 is 0 Å². The molecular formula is C12H11ClN4OS. The van der Waals surface area contributed by atoms with E-state index in [1.165, 1.54) is 11.8 Å². The summed E-state index contributed by atoms with van der Waals surface area (Å²) in [6, 6.07) is 7.26. The van der Waals surface area contributed by atoms with Gasteiger partial charge in [0.25, 0.3) is 0 Å². The van der Waals surface area contributed by atoms with Gasteiger partial charge in [-0.25, -0.2) is 0 Å². The molecule has 5 nitrogen and oxygen atoms in total. The molecule has 98 valence electrons. The zero-order chi connectivity index (χ0) is 13.2. The van der Waals surface area contributed by atoms with Gasteiger partial charge in [0.15, 0.2) is 0 Å². The summed E-state index contributed by atoms with van der Waals surface area (Å²) in [5.41, 5.74) is 0.836.